The van der Waals surface area contributed by atoms with Gasteiger partial charge in [0.1, 0.15) is 5.15 Å². The van der Waals surface area contributed by atoms with Crippen molar-refractivity contribution in [2.24, 2.45) is 21.7 Å². The summed E-state index contributed by atoms with van der Waals surface area (Å²) in [6.45, 7) is 0. The lowest BCUT2D eigenvalue weighted by atomic mass is 10.1. The van der Waals surface area contributed by atoms with E-state index in [-0.39, 0.29) is 5.96 Å². The van der Waals surface area contributed by atoms with Gasteiger partial charge in [0.2, 0.25) is 5.96 Å². The molecular formula is C14H14ClN5. The monoisotopic (exact) mass is 287 g/mol. The topological polar surface area (TPSA) is 89.7 Å². The number of benzene rings is 1. The van der Waals surface area contributed by atoms with Crippen molar-refractivity contribution in [3.63, 3.8) is 0 Å². The average Bonchev–Trinajstić information content (AvgIpc) is 2.43. The Balaban J connectivity index is 2.03. The van der Waals surface area contributed by atoms with Crippen molar-refractivity contribution in [3.05, 3.63) is 64.4 Å². The van der Waals surface area contributed by atoms with Gasteiger partial charge in [0.05, 0.1) is 6.21 Å². The summed E-state index contributed by atoms with van der Waals surface area (Å²) in [5.41, 5.74) is 13.6. The summed E-state index contributed by atoms with van der Waals surface area (Å²) in [5, 5.41) is 7.79. The molecule has 0 fully saturated rings. The van der Waals surface area contributed by atoms with E-state index >= 15 is 0 Å². The number of halogens is 1. The van der Waals surface area contributed by atoms with Gasteiger partial charge in [-0.3, -0.25) is 0 Å². The van der Waals surface area contributed by atoms with Crippen LogP contribution in [0.15, 0.2) is 52.8 Å². The number of nitrogens with two attached hydrogens (primary N) is 2. The van der Waals surface area contributed by atoms with Crippen LogP contribution < -0.4 is 11.5 Å². The second-order valence-corrected chi connectivity index (χ2v) is 4.56. The number of guanidine groups is 1. The highest BCUT2D eigenvalue weighted by Gasteiger charge is 1.97. The van der Waals surface area contributed by atoms with Gasteiger partial charge in [-0.05, 0) is 29.2 Å². The molecule has 2 aromatic rings. The minimum Gasteiger partial charge on any atom is -0.369 e. The highest BCUT2D eigenvalue weighted by Crippen LogP contribution is 2.11. The molecule has 4 N–H and O–H groups in total. The molecule has 0 spiro atoms. The van der Waals surface area contributed by atoms with E-state index in [1.165, 1.54) is 5.56 Å². The smallest absolute Gasteiger partial charge is 0.211 e. The highest BCUT2D eigenvalue weighted by molar-refractivity contribution is 6.29. The van der Waals surface area contributed by atoms with Crippen molar-refractivity contribution >= 4 is 23.8 Å². The number of hydrogen-bond acceptors (Lipinski definition) is 3. The summed E-state index contributed by atoms with van der Waals surface area (Å²) in [7, 11) is 0. The minimum atomic E-state index is -0.0619. The maximum Gasteiger partial charge on any atom is 0.211 e. The lowest BCUT2D eigenvalue weighted by Gasteiger charge is -2.02. The zero-order valence-electron chi connectivity index (χ0n) is 10.7. The van der Waals surface area contributed by atoms with Crippen molar-refractivity contribution in [2.75, 3.05) is 0 Å². The fourth-order valence-electron chi connectivity index (χ4n) is 1.63. The van der Waals surface area contributed by atoms with E-state index in [1.807, 2.05) is 30.3 Å². The lowest BCUT2D eigenvalue weighted by Crippen LogP contribution is -2.21. The molecule has 0 saturated carbocycles. The third kappa shape index (κ3) is 4.37. The Kier molecular flexibility index (Phi) is 4.68. The number of hydrogen-bond donors (Lipinski definition) is 2. The molecule has 0 aliphatic carbocycles. The molecule has 0 atom stereocenters. The second-order valence-electron chi connectivity index (χ2n) is 4.18. The van der Waals surface area contributed by atoms with Crippen LogP contribution in [0.4, 0.5) is 0 Å². The van der Waals surface area contributed by atoms with E-state index in [9.17, 15) is 0 Å². The normalized spacial score (nSPS) is 10.7. The Labute approximate surface area is 122 Å². The first-order valence-electron chi connectivity index (χ1n) is 5.95. The maximum absolute atomic E-state index is 5.75. The molecule has 0 saturated heterocycles. The Morgan fingerprint density at radius 2 is 1.80 bits per heavy atom. The Bertz CT molecular complexity index is 613. The van der Waals surface area contributed by atoms with Crippen LogP contribution in [-0.2, 0) is 6.42 Å². The summed E-state index contributed by atoms with van der Waals surface area (Å²) in [4.78, 5) is 4.06. The van der Waals surface area contributed by atoms with Gasteiger partial charge in [0.15, 0.2) is 0 Å². The number of nitrogens with zero attached hydrogens (tertiary/aromatic N) is 3. The van der Waals surface area contributed by atoms with Crippen molar-refractivity contribution in [3.8, 4) is 0 Å². The molecule has 6 heteroatoms. The van der Waals surface area contributed by atoms with Crippen LogP contribution >= 0.6 is 11.6 Å². The zero-order chi connectivity index (χ0) is 14.4. The zero-order valence-corrected chi connectivity index (χ0v) is 11.5. The van der Waals surface area contributed by atoms with Gasteiger partial charge in [0.25, 0.3) is 0 Å². The Morgan fingerprint density at radius 3 is 2.40 bits per heavy atom. The molecule has 1 aromatic carbocycles. The number of aromatic nitrogens is 1. The van der Waals surface area contributed by atoms with E-state index in [0.717, 1.165) is 17.5 Å². The van der Waals surface area contributed by atoms with E-state index in [4.69, 9.17) is 23.1 Å². The molecule has 1 heterocycles. The summed E-state index contributed by atoms with van der Waals surface area (Å²) in [6.07, 6.45) is 4.17. The third-order valence-electron chi connectivity index (χ3n) is 2.56. The number of rotatable bonds is 4. The molecule has 0 aliphatic rings. The minimum absolute atomic E-state index is 0.0619. The molecule has 2 rings (SSSR count). The summed E-state index contributed by atoms with van der Waals surface area (Å²) in [6, 6.07) is 11.7. The largest absolute Gasteiger partial charge is 0.369 e. The van der Waals surface area contributed by atoms with E-state index in [0.29, 0.717) is 5.15 Å². The van der Waals surface area contributed by atoms with Crippen molar-refractivity contribution in [1.82, 2.24) is 4.98 Å². The van der Waals surface area contributed by atoms with Crippen molar-refractivity contribution in [2.45, 2.75) is 6.42 Å². The quantitative estimate of drug-likeness (QED) is 0.390. The fraction of sp³-hybridized carbons (Fsp3) is 0.0714. The molecule has 1 aromatic heterocycles. The van der Waals surface area contributed by atoms with Gasteiger partial charge in [-0.1, -0.05) is 41.9 Å². The average molecular weight is 288 g/mol. The van der Waals surface area contributed by atoms with E-state index < -0.39 is 0 Å². The molecule has 0 bridgehead atoms. The summed E-state index contributed by atoms with van der Waals surface area (Å²) >= 11 is 5.75. The third-order valence-corrected chi connectivity index (χ3v) is 2.78. The van der Waals surface area contributed by atoms with Crippen LogP contribution in [0.3, 0.4) is 0 Å². The van der Waals surface area contributed by atoms with Crippen LogP contribution in [0, 0.1) is 0 Å². The van der Waals surface area contributed by atoms with E-state index in [1.54, 1.807) is 18.5 Å². The van der Waals surface area contributed by atoms with Crippen LogP contribution in [0.5, 0.6) is 0 Å². The van der Waals surface area contributed by atoms with E-state index in [2.05, 4.69) is 15.2 Å². The van der Waals surface area contributed by atoms with Gasteiger partial charge in [0, 0.05) is 6.20 Å². The second kappa shape index (κ2) is 6.68. The summed E-state index contributed by atoms with van der Waals surface area (Å²) < 4.78 is 0. The fourth-order valence-corrected chi connectivity index (χ4v) is 1.74. The van der Waals surface area contributed by atoms with Gasteiger partial charge < -0.3 is 11.5 Å². The maximum atomic E-state index is 5.75. The highest BCUT2D eigenvalue weighted by atomic mass is 35.5. The summed E-state index contributed by atoms with van der Waals surface area (Å²) in [5.74, 6) is -0.0619. The molecule has 0 radical (unpaired) electrons. The first-order valence-corrected chi connectivity index (χ1v) is 6.32. The van der Waals surface area contributed by atoms with Crippen LogP contribution in [0.1, 0.15) is 16.7 Å². The Hall–Kier alpha value is -2.40. The first kappa shape index (κ1) is 14.0. The van der Waals surface area contributed by atoms with Gasteiger partial charge in [-0.15, -0.1) is 5.10 Å². The molecule has 0 amide bonds. The van der Waals surface area contributed by atoms with Crippen LogP contribution in [-0.4, -0.2) is 17.2 Å². The SMILES string of the molecule is NC(N)=NN=Cc1ccc(Cc2ccc(Cl)nc2)cc1. The van der Waals surface area contributed by atoms with Crippen LogP contribution in [0.25, 0.3) is 0 Å². The standard InChI is InChI=1S/C14H14ClN5/c15-13-6-5-12(8-18-13)7-10-1-3-11(4-2-10)9-19-20-14(16)17/h1-6,8-9H,7H2,(H4,16,17,20). The first-order chi connectivity index (χ1) is 9.63. The lowest BCUT2D eigenvalue weighted by molar-refractivity contribution is 1.14. The molecular weight excluding hydrogens is 274 g/mol. The molecule has 0 unspecified atom stereocenters. The molecule has 0 aliphatic heterocycles. The van der Waals surface area contributed by atoms with Crippen LogP contribution in [0.2, 0.25) is 5.15 Å². The predicted molar refractivity (Wildman–Crippen MR) is 81.9 cm³/mol. The number of pyridine rings is 1. The predicted octanol–water partition coefficient (Wildman–Crippen LogP) is 1.93. The van der Waals surface area contributed by atoms with Gasteiger partial charge in [-0.25, -0.2) is 4.98 Å². The van der Waals surface area contributed by atoms with Crippen molar-refractivity contribution < 1.29 is 0 Å². The molecule has 102 valence electrons. The van der Waals surface area contributed by atoms with Gasteiger partial charge >= 0.3 is 0 Å². The van der Waals surface area contributed by atoms with Crippen molar-refractivity contribution in [1.29, 1.82) is 0 Å². The van der Waals surface area contributed by atoms with Gasteiger partial charge in [-0.2, -0.15) is 5.10 Å². The molecule has 5 nitrogen and oxygen atoms in total. The molecule has 20 heavy (non-hydrogen) atoms. The Morgan fingerprint density at radius 1 is 1.10 bits per heavy atom.